The molecule has 0 aliphatic carbocycles. The fourth-order valence-electron chi connectivity index (χ4n) is 2.06. The van der Waals surface area contributed by atoms with Crippen molar-refractivity contribution in [2.75, 3.05) is 25.4 Å². The molecule has 0 fully saturated rings. The van der Waals surface area contributed by atoms with E-state index in [4.69, 9.17) is 5.73 Å². The van der Waals surface area contributed by atoms with Gasteiger partial charge in [-0.15, -0.1) is 0 Å². The van der Waals surface area contributed by atoms with E-state index in [0.717, 1.165) is 18.7 Å². The van der Waals surface area contributed by atoms with E-state index in [1.165, 1.54) is 37.9 Å². The largest absolute Gasteiger partial charge is 0.399 e. The van der Waals surface area contributed by atoms with Crippen LogP contribution in [-0.2, 0) is 6.42 Å². The summed E-state index contributed by atoms with van der Waals surface area (Å²) in [4.78, 5) is 2.53. The van der Waals surface area contributed by atoms with Crippen LogP contribution in [0.2, 0.25) is 0 Å². The van der Waals surface area contributed by atoms with E-state index in [9.17, 15) is 0 Å². The van der Waals surface area contributed by atoms with Gasteiger partial charge >= 0.3 is 0 Å². The van der Waals surface area contributed by atoms with Crippen molar-refractivity contribution >= 4 is 5.69 Å². The number of rotatable bonds is 8. The summed E-state index contributed by atoms with van der Waals surface area (Å²) in [5, 5.41) is 0. The second-order valence-electron chi connectivity index (χ2n) is 4.59. The minimum Gasteiger partial charge on any atom is -0.399 e. The molecule has 0 spiro atoms. The zero-order valence-corrected chi connectivity index (χ0v) is 11.3. The zero-order valence-electron chi connectivity index (χ0n) is 11.3. The van der Waals surface area contributed by atoms with Crippen LogP contribution in [0, 0.1) is 0 Å². The van der Waals surface area contributed by atoms with Crippen LogP contribution >= 0.6 is 0 Å². The summed E-state index contributed by atoms with van der Waals surface area (Å²) in [5.41, 5.74) is 8.16. The maximum Gasteiger partial charge on any atom is 0.0346 e. The normalized spacial score (nSPS) is 11.0. The summed E-state index contributed by atoms with van der Waals surface area (Å²) in [6.07, 6.45) is 4.88. The van der Waals surface area contributed by atoms with Gasteiger partial charge in [0.15, 0.2) is 0 Å². The average molecular weight is 234 g/mol. The van der Waals surface area contributed by atoms with Crippen LogP contribution in [-0.4, -0.2) is 24.5 Å². The number of benzene rings is 1. The van der Waals surface area contributed by atoms with Gasteiger partial charge in [0.2, 0.25) is 0 Å². The van der Waals surface area contributed by atoms with Gasteiger partial charge in [0.25, 0.3) is 0 Å². The van der Waals surface area contributed by atoms with Crippen LogP contribution in [0.3, 0.4) is 0 Å². The number of aryl methyl sites for hydroxylation is 1. The van der Waals surface area contributed by atoms with Gasteiger partial charge in [0.05, 0.1) is 0 Å². The van der Waals surface area contributed by atoms with Gasteiger partial charge in [0, 0.05) is 5.69 Å². The maximum absolute atomic E-state index is 5.94. The lowest BCUT2D eigenvalue weighted by Gasteiger charge is -2.20. The molecule has 2 heteroatoms. The highest BCUT2D eigenvalue weighted by Gasteiger charge is 2.02. The van der Waals surface area contributed by atoms with Crippen molar-refractivity contribution in [2.24, 2.45) is 0 Å². The Morgan fingerprint density at radius 1 is 1.06 bits per heavy atom. The highest BCUT2D eigenvalue weighted by atomic mass is 15.1. The second-order valence-corrected chi connectivity index (χ2v) is 4.59. The Kier molecular flexibility index (Phi) is 6.71. The molecule has 96 valence electrons. The third kappa shape index (κ3) is 5.22. The first-order valence-electron chi connectivity index (χ1n) is 6.83. The molecule has 0 atom stereocenters. The molecule has 1 aromatic rings. The minimum absolute atomic E-state index is 0.934. The lowest BCUT2D eigenvalue weighted by atomic mass is 10.1. The molecule has 2 N–H and O–H groups in total. The molecule has 17 heavy (non-hydrogen) atoms. The van der Waals surface area contributed by atoms with Crippen molar-refractivity contribution in [3.8, 4) is 0 Å². The molecule has 0 saturated carbocycles. The first-order valence-corrected chi connectivity index (χ1v) is 6.83. The molecule has 0 bridgehead atoms. The first kappa shape index (κ1) is 14.0. The molecule has 0 saturated heterocycles. The lowest BCUT2D eigenvalue weighted by Crippen LogP contribution is -2.26. The van der Waals surface area contributed by atoms with Gasteiger partial charge in [-0.3, -0.25) is 0 Å². The summed E-state index contributed by atoms with van der Waals surface area (Å²) in [7, 11) is 0. The molecular formula is C15H26N2. The molecule has 0 aromatic heterocycles. The van der Waals surface area contributed by atoms with Crippen LogP contribution in [0.4, 0.5) is 5.69 Å². The van der Waals surface area contributed by atoms with Crippen LogP contribution in [0.5, 0.6) is 0 Å². The van der Waals surface area contributed by atoms with E-state index in [1.54, 1.807) is 0 Å². The Labute approximate surface area is 106 Å². The third-order valence-corrected chi connectivity index (χ3v) is 3.25. The Bertz CT molecular complexity index is 310. The van der Waals surface area contributed by atoms with Crippen molar-refractivity contribution in [1.82, 2.24) is 4.90 Å². The second kappa shape index (κ2) is 8.13. The standard InChI is InChI=1S/C15H26N2/c1-3-5-12-17(4-2)13-8-10-14-9-6-7-11-15(14)16/h6-7,9,11H,3-5,8,10,12-13,16H2,1-2H3. The fourth-order valence-corrected chi connectivity index (χ4v) is 2.06. The smallest absolute Gasteiger partial charge is 0.0346 e. The molecule has 1 aromatic carbocycles. The Morgan fingerprint density at radius 2 is 1.76 bits per heavy atom. The van der Waals surface area contributed by atoms with Gasteiger partial charge in [-0.1, -0.05) is 38.5 Å². The van der Waals surface area contributed by atoms with Crippen molar-refractivity contribution in [3.63, 3.8) is 0 Å². The highest BCUT2D eigenvalue weighted by molar-refractivity contribution is 5.46. The summed E-state index contributed by atoms with van der Waals surface area (Å²) >= 11 is 0. The number of nitrogens with zero attached hydrogens (tertiary/aromatic N) is 1. The number of hydrogen-bond donors (Lipinski definition) is 1. The first-order chi connectivity index (χ1) is 8.27. The van der Waals surface area contributed by atoms with Crippen molar-refractivity contribution in [1.29, 1.82) is 0 Å². The number of nitrogen functional groups attached to an aromatic ring is 1. The van der Waals surface area contributed by atoms with E-state index in [2.05, 4.69) is 30.9 Å². The predicted octanol–water partition coefficient (Wildman–Crippen LogP) is 3.32. The number of anilines is 1. The number of hydrogen-bond acceptors (Lipinski definition) is 2. The van der Waals surface area contributed by atoms with Crippen molar-refractivity contribution < 1.29 is 0 Å². The van der Waals surface area contributed by atoms with E-state index >= 15 is 0 Å². The quantitative estimate of drug-likeness (QED) is 0.699. The summed E-state index contributed by atoms with van der Waals surface area (Å²) < 4.78 is 0. The van der Waals surface area contributed by atoms with Crippen molar-refractivity contribution in [3.05, 3.63) is 29.8 Å². The minimum atomic E-state index is 0.934. The van der Waals surface area contributed by atoms with Crippen molar-refractivity contribution in [2.45, 2.75) is 39.5 Å². The van der Waals surface area contributed by atoms with Crippen LogP contribution in [0.1, 0.15) is 38.7 Å². The van der Waals surface area contributed by atoms with Gasteiger partial charge < -0.3 is 10.6 Å². The predicted molar refractivity (Wildman–Crippen MR) is 76.2 cm³/mol. The van der Waals surface area contributed by atoms with E-state index in [-0.39, 0.29) is 0 Å². The van der Waals surface area contributed by atoms with Crippen LogP contribution < -0.4 is 5.73 Å². The molecule has 0 aliphatic rings. The maximum atomic E-state index is 5.94. The summed E-state index contributed by atoms with van der Waals surface area (Å²) in [5.74, 6) is 0. The molecule has 1 rings (SSSR count). The van der Waals surface area contributed by atoms with E-state index in [0.29, 0.717) is 0 Å². The lowest BCUT2D eigenvalue weighted by molar-refractivity contribution is 0.280. The Morgan fingerprint density at radius 3 is 2.41 bits per heavy atom. The highest BCUT2D eigenvalue weighted by Crippen LogP contribution is 2.12. The van der Waals surface area contributed by atoms with E-state index in [1.807, 2.05) is 12.1 Å². The Balaban J connectivity index is 2.28. The molecule has 0 heterocycles. The molecule has 0 aliphatic heterocycles. The molecular weight excluding hydrogens is 208 g/mol. The molecule has 0 amide bonds. The number of nitrogens with two attached hydrogens (primary N) is 1. The average Bonchev–Trinajstić information content (AvgIpc) is 2.35. The molecule has 2 nitrogen and oxygen atoms in total. The zero-order chi connectivity index (χ0) is 12.5. The summed E-state index contributed by atoms with van der Waals surface area (Å²) in [6, 6.07) is 8.19. The fraction of sp³-hybridized carbons (Fsp3) is 0.600. The van der Waals surface area contributed by atoms with Gasteiger partial charge in [-0.05, 0) is 50.5 Å². The third-order valence-electron chi connectivity index (χ3n) is 3.25. The van der Waals surface area contributed by atoms with Gasteiger partial charge in [-0.25, -0.2) is 0 Å². The molecule has 0 radical (unpaired) electrons. The number of unbranched alkanes of at least 4 members (excludes halogenated alkanes) is 1. The topological polar surface area (TPSA) is 29.3 Å². The SMILES string of the molecule is CCCCN(CC)CCCc1ccccc1N. The monoisotopic (exact) mass is 234 g/mol. The van der Waals surface area contributed by atoms with Gasteiger partial charge in [0.1, 0.15) is 0 Å². The summed E-state index contributed by atoms with van der Waals surface area (Å²) in [6.45, 7) is 8.07. The molecule has 0 unspecified atom stereocenters. The number of para-hydroxylation sites is 1. The van der Waals surface area contributed by atoms with E-state index < -0.39 is 0 Å². The Hall–Kier alpha value is -1.02. The van der Waals surface area contributed by atoms with Crippen LogP contribution in [0.25, 0.3) is 0 Å². The van der Waals surface area contributed by atoms with Gasteiger partial charge in [-0.2, -0.15) is 0 Å². The van der Waals surface area contributed by atoms with Crippen LogP contribution in [0.15, 0.2) is 24.3 Å².